The molecule has 4 heterocycles. The van der Waals surface area contributed by atoms with E-state index in [9.17, 15) is 54.3 Å². The number of carbonyl (C=O) groups excluding carboxylic acids is 3. The predicted octanol–water partition coefficient (Wildman–Crippen LogP) is -0.567. The van der Waals surface area contributed by atoms with Crippen LogP contribution in [0.2, 0.25) is 0 Å². The molecule has 1 aromatic carbocycles. The summed E-state index contributed by atoms with van der Waals surface area (Å²) in [5.41, 5.74) is 10.6. The SMILES string of the molecule is CCCCCCCCCCCCCCC[C@@H](NC(=O)[C@@H](NC(=O)OCc1ccccc1)[C@@H]1CCNC(N)=N1)C(=O)NCCCN[C@H](C(=O)O)[C@H](O[C@@H]1O[C@H](CN)[C@@H](O)[C@H]1O)[C@H]1O[C@@H](n2ccc(=O)[nH]c2=O)[C@H](O)[C@@H]1O. The standard InChI is InChI=1S/C50H80N10O15/c1-2-3-4-5-6-7-8-9-10-11-12-13-17-21-32(56-44(67)35(31-22-26-55-48(52)57-31)59-50(71)72-29-30-19-15-14-16-20-30)43(66)54-25-18-24-53-36(46(68)69)41(75-47-40(65)37(62)33(28-51)73-47)42-38(63)39(64)45(74-42)60-27-23-34(61)58-49(60)70/h14-16,19-20,23,27,31-33,35-42,45,47,53,62-65H,2-13,17-18,21-22,24-26,28-29,51H2,1H3,(H,54,66)(H,56,67)(H,59,71)(H,68,69)(H3,52,55,57)(H,58,61,70)/t31-,32+,33+,35-,36-,37+,38-,39+,40+,41-,42-,45+,47-/m0/s1. The van der Waals surface area contributed by atoms with Crippen LogP contribution in [-0.2, 0) is 39.9 Å². The summed E-state index contributed by atoms with van der Waals surface area (Å²) in [6, 6.07) is 5.06. The molecule has 25 nitrogen and oxygen atoms in total. The number of aliphatic imine (C=N–C) groups is 1. The number of nitrogens with two attached hydrogens (primary N) is 2. The van der Waals surface area contributed by atoms with Crippen molar-refractivity contribution in [1.82, 2.24) is 36.1 Å². The largest absolute Gasteiger partial charge is 0.480 e. The zero-order chi connectivity index (χ0) is 54.3. The summed E-state index contributed by atoms with van der Waals surface area (Å²) in [6.45, 7) is 2.11. The van der Waals surface area contributed by atoms with Gasteiger partial charge in [0, 0.05) is 31.9 Å². The molecule has 5 rings (SSSR count). The Labute approximate surface area is 435 Å². The summed E-state index contributed by atoms with van der Waals surface area (Å²) in [4.78, 5) is 85.1. The minimum absolute atomic E-state index is 0.0371. The van der Waals surface area contributed by atoms with E-state index in [2.05, 4.69) is 38.5 Å². The van der Waals surface area contributed by atoms with Gasteiger partial charge in [0.15, 0.2) is 18.5 Å². The molecular formula is C50H80N10O15. The lowest BCUT2D eigenvalue weighted by Gasteiger charge is -2.33. The molecular weight excluding hydrogens is 981 g/mol. The molecule has 3 aliphatic heterocycles. The number of amides is 3. The lowest BCUT2D eigenvalue weighted by Crippen LogP contribution is -2.59. The van der Waals surface area contributed by atoms with Crippen molar-refractivity contribution in [2.24, 2.45) is 16.5 Å². The lowest BCUT2D eigenvalue weighted by molar-refractivity contribution is -0.228. The number of aromatic amines is 1. The van der Waals surface area contributed by atoms with Gasteiger partial charge in [0.2, 0.25) is 11.8 Å². The maximum Gasteiger partial charge on any atom is 0.408 e. The van der Waals surface area contributed by atoms with Gasteiger partial charge in [-0.05, 0) is 31.4 Å². The van der Waals surface area contributed by atoms with Crippen LogP contribution >= 0.6 is 0 Å². The summed E-state index contributed by atoms with van der Waals surface area (Å²) in [7, 11) is 0. The van der Waals surface area contributed by atoms with Gasteiger partial charge in [0.1, 0.15) is 67.5 Å². The zero-order valence-corrected chi connectivity index (χ0v) is 42.8. The van der Waals surface area contributed by atoms with Crippen molar-refractivity contribution in [1.29, 1.82) is 0 Å². The van der Waals surface area contributed by atoms with E-state index in [1.54, 1.807) is 24.3 Å². The normalized spacial score (nSPS) is 25.0. The minimum atomic E-state index is -1.91. The number of ether oxygens (including phenoxy) is 4. The van der Waals surface area contributed by atoms with Crippen molar-refractivity contribution in [2.45, 2.75) is 196 Å². The zero-order valence-electron chi connectivity index (χ0n) is 42.8. The first-order valence-electron chi connectivity index (χ1n) is 26.4. The van der Waals surface area contributed by atoms with E-state index >= 15 is 0 Å². The number of carboxylic acid groups (broad SMARTS) is 1. The molecule has 2 saturated heterocycles. The first-order chi connectivity index (χ1) is 36.1. The first-order valence-corrected chi connectivity index (χ1v) is 26.4. The molecule has 25 heteroatoms. The second-order valence-electron chi connectivity index (χ2n) is 19.3. The fraction of sp³-hybridized carbons (Fsp3) is 0.700. The van der Waals surface area contributed by atoms with Crippen LogP contribution in [0.4, 0.5) is 4.79 Å². The van der Waals surface area contributed by atoms with Gasteiger partial charge in [-0.3, -0.25) is 28.7 Å². The number of hydrogen-bond acceptors (Lipinski definition) is 19. The van der Waals surface area contributed by atoms with Gasteiger partial charge in [-0.15, -0.1) is 0 Å². The van der Waals surface area contributed by atoms with Gasteiger partial charge >= 0.3 is 17.8 Å². The average molecular weight is 1060 g/mol. The molecule has 0 spiro atoms. The van der Waals surface area contributed by atoms with Crippen molar-refractivity contribution in [3.63, 3.8) is 0 Å². The fourth-order valence-electron chi connectivity index (χ4n) is 9.36. The summed E-state index contributed by atoms with van der Waals surface area (Å²) < 4.78 is 23.6. The first kappa shape index (κ1) is 60.4. The van der Waals surface area contributed by atoms with Crippen molar-refractivity contribution in [2.75, 3.05) is 26.2 Å². The maximum atomic E-state index is 14.2. The van der Waals surface area contributed by atoms with Crippen LogP contribution in [0.25, 0.3) is 0 Å². The van der Waals surface area contributed by atoms with Crippen LogP contribution in [0.5, 0.6) is 0 Å². The van der Waals surface area contributed by atoms with Crippen molar-refractivity contribution in [3.05, 3.63) is 69.0 Å². The van der Waals surface area contributed by atoms with E-state index in [4.69, 9.17) is 30.4 Å². The Kier molecular flexibility index (Phi) is 25.4. The highest BCUT2D eigenvalue weighted by molar-refractivity contribution is 5.92. The number of guanidine groups is 1. The molecule has 0 radical (unpaired) electrons. The van der Waals surface area contributed by atoms with Gasteiger partial charge in [-0.2, -0.15) is 0 Å². The quantitative estimate of drug-likeness (QED) is 0.0398. The number of aliphatic hydroxyl groups excluding tert-OH is 4. The van der Waals surface area contributed by atoms with Crippen molar-refractivity contribution in [3.8, 4) is 0 Å². The second-order valence-corrected chi connectivity index (χ2v) is 19.3. The number of alkyl carbamates (subject to hydrolysis) is 1. The van der Waals surface area contributed by atoms with E-state index in [0.717, 1.165) is 54.5 Å². The highest BCUT2D eigenvalue weighted by Gasteiger charge is 2.54. The van der Waals surface area contributed by atoms with E-state index < -0.39 is 115 Å². The number of rotatable bonds is 33. The van der Waals surface area contributed by atoms with Crippen LogP contribution in [0.15, 0.2) is 57.2 Å². The van der Waals surface area contributed by atoms with Crippen LogP contribution in [0.1, 0.15) is 121 Å². The number of unbranched alkanes of at least 4 members (excludes halogenated alkanes) is 12. The number of carbonyl (C=O) groups is 4. The Hall–Kier alpha value is -5.51. The van der Waals surface area contributed by atoms with E-state index in [1.165, 1.54) is 44.9 Å². The smallest absolute Gasteiger partial charge is 0.408 e. The summed E-state index contributed by atoms with van der Waals surface area (Å²) in [5, 5.41) is 68.1. The highest BCUT2D eigenvalue weighted by Crippen LogP contribution is 2.34. The van der Waals surface area contributed by atoms with Gasteiger partial charge in [-0.1, -0.05) is 121 Å². The van der Waals surface area contributed by atoms with E-state index in [0.29, 0.717) is 19.4 Å². The highest BCUT2D eigenvalue weighted by atomic mass is 16.7. The Balaban J connectivity index is 1.24. The number of hydrogen-bond donors (Lipinski definition) is 13. The van der Waals surface area contributed by atoms with Crippen molar-refractivity contribution >= 4 is 29.8 Å². The minimum Gasteiger partial charge on any atom is -0.480 e. The number of carboxylic acids is 1. The Morgan fingerprint density at radius 3 is 2.11 bits per heavy atom. The molecule has 75 heavy (non-hydrogen) atoms. The molecule has 2 aromatic rings. The van der Waals surface area contributed by atoms with Crippen LogP contribution in [-0.4, -0.2) is 164 Å². The molecule has 13 atom stereocenters. The number of aliphatic hydroxyl groups is 4. The molecule has 0 unspecified atom stereocenters. The van der Waals surface area contributed by atoms with Crippen molar-refractivity contribution < 1.29 is 63.7 Å². The van der Waals surface area contributed by atoms with E-state index in [-0.39, 0.29) is 45.0 Å². The third-order valence-electron chi connectivity index (χ3n) is 13.6. The molecule has 3 amide bonds. The summed E-state index contributed by atoms with van der Waals surface area (Å²) in [6.07, 6.45) is 0.218. The number of benzene rings is 1. The fourth-order valence-corrected chi connectivity index (χ4v) is 9.36. The second kappa shape index (κ2) is 31.5. The van der Waals surface area contributed by atoms with Gasteiger partial charge in [-0.25, -0.2) is 14.6 Å². The number of nitrogens with zero attached hydrogens (tertiary/aromatic N) is 2. The summed E-state index contributed by atoms with van der Waals surface area (Å²) in [5.74, 6) is -2.69. The number of H-pyrrole nitrogens is 1. The third kappa shape index (κ3) is 18.6. The topological polar surface area (TPSA) is 386 Å². The Bertz CT molecular complexity index is 2220. The van der Waals surface area contributed by atoms with Gasteiger partial charge in [0.25, 0.3) is 5.56 Å². The molecule has 2 fully saturated rings. The number of nitrogens with one attached hydrogen (secondary N) is 6. The lowest BCUT2D eigenvalue weighted by atomic mass is 9.98. The van der Waals surface area contributed by atoms with Crippen LogP contribution in [0, 0.1) is 0 Å². The predicted molar refractivity (Wildman–Crippen MR) is 273 cm³/mol. The van der Waals surface area contributed by atoms with Crippen LogP contribution < -0.4 is 49.3 Å². The van der Waals surface area contributed by atoms with Gasteiger partial charge in [0.05, 0.1) is 6.04 Å². The van der Waals surface area contributed by atoms with Gasteiger partial charge < -0.3 is 82.5 Å². The molecule has 0 saturated carbocycles. The monoisotopic (exact) mass is 1060 g/mol. The number of aliphatic carboxylic acids is 1. The Morgan fingerprint density at radius 1 is 0.827 bits per heavy atom. The molecule has 0 bridgehead atoms. The van der Waals surface area contributed by atoms with E-state index in [1.807, 2.05) is 11.1 Å². The molecule has 420 valence electrons. The molecule has 0 aliphatic carbocycles. The third-order valence-corrected chi connectivity index (χ3v) is 13.6. The molecule has 3 aliphatic rings. The summed E-state index contributed by atoms with van der Waals surface area (Å²) >= 11 is 0. The maximum absolute atomic E-state index is 14.2. The molecule has 1 aromatic heterocycles. The van der Waals surface area contributed by atoms with Crippen LogP contribution in [0.3, 0.4) is 0 Å². The Morgan fingerprint density at radius 2 is 1.49 bits per heavy atom. The average Bonchev–Trinajstić information content (AvgIpc) is 3.84. The number of aromatic nitrogens is 2. The molecule has 15 N–H and O–H groups in total.